The average molecular weight is 132 g/mol. The van der Waals surface area contributed by atoms with E-state index in [0.29, 0.717) is 0 Å². The van der Waals surface area contributed by atoms with Gasteiger partial charge < -0.3 is 0 Å². The Morgan fingerprint density at radius 3 is 0.444 bits per heavy atom. The SMILES string of the molecule is C#N.C#N.C#N.C#N.[NaH]. The molecule has 0 radical (unpaired) electrons. The predicted octanol–water partition coefficient (Wildman–Crippen LogP) is -0.0894. The third-order valence-corrected chi connectivity index (χ3v) is 0. The quantitative estimate of drug-likeness (QED) is 0.430. The van der Waals surface area contributed by atoms with Crippen LogP contribution in [0.1, 0.15) is 0 Å². The average Bonchev–Trinajstić information content (AvgIpc) is 2.03. The van der Waals surface area contributed by atoms with Crippen molar-refractivity contribution in [2.24, 2.45) is 0 Å². The first-order chi connectivity index (χ1) is 4.00. The van der Waals surface area contributed by atoms with E-state index in [1.165, 1.54) is 0 Å². The van der Waals surface area contributed by atoms with Gasteiger partial charge >= 0.3 is 29.6 Å². The molecule has 0 amide bonds. The molecule has 0 N–H and O–H groups in total. The summed E-state index contributed by atoms with van der Waals surface area (Å²) in [6.45, 7) is 14.0. The fourth-order valence-corrected chi connectivity index (χ4v) is 0. The Balaban J connectivity index is -0.00000000762. The van der Waals surface area contributed by atoms with Gasteiger partial charge in [0.25, 0.3) is 0 Å². The van der Waals surface area contributed by atoms with Crippen LogP contribution in [0, 0.1) is 47.3 Å². The van der Waals surface area contributed by atoms with Gasteiger partial charge in [-0.1, -0.05) is 0 Å². The molecular weight excluding hydrogens is 127 g/mol. The molecule has 0 fully saturated rings. The second-order valence-electron chi connectivity index (χ2n) is 0. The van der Waals surface area contributed by atoms with E-state index in [2.05, 4.69) is 26.3 Å². The maximum absolute atomic E-state index is 6.50. The number of nitriles is 4. The molecule has 4 nitrogen and oxygen atoms in total. The molecule has 0 aromatic rings. The van der Waals surface area contributed by atoms with E-state index in [9.17, 15) is 0 Å². The van der Waals surface area contributed by atoms with Crippen molar-refractivity contribution in [1.29, 1.82) is 21.0 Å². The Kier molecular flexibility index (Phi) is 1120. The summed E-state index contributed by atoms with van der Waals surface area (Å²) < 4.78 is 0. The Morgan fingerprint density at radius 2 is 0.444 bits per heavy atom. The first-order valence-corrected chi connectivity index (χ1v) is 1.03. The van der Waals surface area contributed by atoms with Gasteiger partial charge in [0, 0.05) is 26.3 Å². The zero-order valence-corrected chi connectivity index (χ0v) is 4.10. The summed E-state index contributed by atoms with van der Waals surface area (Å²) in [4.78, 5) is 0. The van der Waals surface area contributed by atoms with E-state index in [1.54, 1.807) is 0 Å². The summed E-state index contributed by atoms with van der Waals surface area (Å²) in [7, 11) is 0. The van der Waals surface area contributed by atoms with Crippen LogP contribution in [0.15, 0.2) is 0 Å². The summed E-state index contributed by atoms with van der Waals surface area (Å²) in [6, 6.07) is 0. The van der Waals surface area contributed by atoms with Crippen molar-refractivity contribution in [3.8, 4) is 26.3 Å². The van der Waals surface area contributed by atoms with Gasteiger partial charge in [0.15, 0.2) is 0 Å². The Labute approximate surface area is 76.8 Å². The monoisotopic (exact) mass is 132 g/mol. The van der Waals surface area contributed by atoms with Crippen molar-refractivity contribution in [2.45, 2.75) is 0 Å². The molecule has 0 saturated heterocycles. The van der Waals surface area contributed by atoms with E-state index >= 15 is 0 Å². The van der Waals surface area contributed by atoms with E-state index in [1.807, 2.05) is 0 Å². The Hall–Kier alpha value is -1.04. The van der Waals surface area contributed by atoms with Crippen LogP contribution in [0.4, 0.5) is 0 Å². The van der Waals surface area contributed by atoms with Crippen molar-refractivity contribution >= 4 is 29.6 Å². The second-order valence-corrected chi connectivity index (χ2v) is 0. The van der Waals surface area contributed by atoms with Crippen LogP contribution in [0.3, 0.4) is 0 Å². The van der Waals surface area contributed by atoms with Gasteiger partial charge in [0.2, 0.25) is 0 Å². The summed E-state index contributed by atoms with van der Waals surface area (Å²) in [6.07, 6.45) is 0. The third kappa shape index (κ3) is 158. The normalized spacial score (nSPS) is 0.889. The summed E-state index contributed by atoms with van der Waals surface area (Å²) in [5.74, 6) is 0. The van der Waals surface area contributed by atoms with Crippen LogP contribution in [-0.2, 0) is 0 Å². The molecule has 0 spiro atoms. The third-order valence-electron chi connectivity index (χ3n) is 0. The summed E-state index contributed by atoms with van der Waals surface area (Å²) in [5.41, 5.74) is 0. The number of nitrogens with zero attached hydrogens (tertiary/aromatic N) is 4. The number of rotatable bonds is 0. The molecule has 0 aliphatic carbocycles. The van der Waals surface area contributed by atoms with Gasteiger partial charge in [0.1, 0.15) is 0 Å². The molecule has 0 bridgehead atoms. The van der Waals surface area contributed by atoms with Crippen molar-refractivity contribution in [3.05, 3.63) is 0 Å². The molecule has 0 aromatic carbocycles. The van der Waals surface area contributed by atoms with E-state index in [-0.39, 0.29) is 29.6 Å². The van der Waals surface area contributed by atoms with Gasteiger partial charge in [-0.3, -0.25) is 0 Å². The molecule has 5 heteroatoms. The minimum atomic E-state index is 0. The van der Waals surface area contributed by atoms with Crippen molar-refractivity contribution < 1.29 is 0 Å². The molecular formula is C4H5N4Na. The molecule has 0 unspecified atom stereocenters. The maximum atomic E-state index is 6.50. The van der Waals surface area contributed by atoms with Crippen molar-refractivity contribution in [3.63, 3.8) is 0 Å². The topological polar surface area (TPSA) is 95.2 Å². The molecule has 0 aliphatic heterocycles. The van der Waals surface area contributed by atoms with Crippen LogP contribution in [0.25, 0.3) is 0 Å². The van der Waals surface area contributed by atoms with Crippen LogP contribution < -0.4 is 0 Å². The zero-order chi connectivity index (χ0) is 8.00. The first-order valence-electron chi connectivity index (χ1n) is 1.03. The van der Waals surface area contributed by atoms with E-state index in [0.717, 1.165) is 0 Å². The summed E-state index contributed by atoms with van der Waals surface area (Å²) in [5, 5.41) is 26.0. The van der Waals surface area contributed by atoms with Gasteiger partial charge in [-0.05, 0) is 0 Å². The molecule has 0 heterocycles. The second kappa shape index (κ2) is 229. The number of hydrogen-bond acceptors (Lipinski definition) is 4. The fraction of sp³-hybridized carbons (Fsp3) is 0. The van der Waals surface area contributed by atoms with Crippen molar-refractivity contribution in [1.82, 2.24) is 0 Å². The van der Waals surface area contributed by atoms with Crippen LogP contribution in [-0.4, -0.2) is 29.6 Å². The Morgan fingerprint density at radius 1 is 0.444 bits per heavy atom. The van der Waals surface area contributed by atoms with E-state index < -0.39 is 0 Å². The molecule has 0 atom stereocenters. The molecule has 0 aliphatic rings. The molecule has 42 valence electrons. The minimum absolute atomic E-state index is 0. The predicted molar refractivity (Wildman–Crippen MR) is 33.8 cm³/mol. The Bertz CT molecular complexity index is 55.5. The molecule has 0 aromatic heterocycles. The van der Waals surface area contributed by atoms with E-state index in [4.69, 9.17) is 21.0 Å². The fourth-order valence-electron chi connectivity index (χ4n) is 0. The zero-order valence-electron chi connectivity index (χ0n) is 4.10. The van der Waals surface area contributed by atoms with Crippen molar-refractivity contribution in [2.75, 3.05) is 0 Å². The van der Waals surface area contributed by atoms with Crippen LogP contribution in [0.2, 0.25) is 0 Å². The molecule has 9 heavy (non-hydrogen) atoms. The van der Waals surface area contributed by atoms with Gasteiger partial charge in [-0.15, -0.1) is 0 Å². The summed E-state index contributed by atoms with van der Waals surface area (Å²) >= 11 is 0. The first kappa shape index (κ1) is 44.0. The van der Waals surface area contributed by atoms with Gasteiger partial charge in [-0.2, -0.15) is 0 Å². The van der Waals surface area contributed by atoms with Crippen LogP contribution >= 0.6 is 0 Å². The van der Waals surface area contributed by atoms with Crippen LogP contribution in [0.5, 0.6) is 0 Å². The molecule has 0 rings (SSSR count). The van der Waals surface area contributed by atoms with Gasteiger partial charge in [0.05, 0.1) is 0 Å². The molecule has 0 saturated carbocycles. The number of hydrogen-bond donors (Lipinski definition) is 0. The van der Waals surface area contributed by atoms with Gasteiger partial charge in [-0.25, -0.2) is 21.0 Å². The standard InChI is InChI=1S/4CHN.Na.H/c4*1-2;;/h4*1H;;.